The fourth-order valence-electron chi connectivity index (χ4n) is 3.08. The van der Waals surface area contributed by atoms with Gasteiger partial charge in [-0.1, -0.05) is 24.3 Å². The molecule has 1 aliphatic rings. The number of aromatic carboxylic acids is 1. The van der Waals surface area contributed by atoms with E-state index in [1.54, 1.807) is 36.4 Å². The third kappa shape index (κ3) is 2.32. The SMILES string of the molecule is O=C(O)c1[nH]c2c(c1-n1c(=O)[nH]c3ccccc3c1=O)=CC(Cl)CC=2. The number of carboxylic acid groups (broad SMARTS) is 1. The molecule has 2 heterocycles. The summed E-state index contributed by atoms with van der Waals surface area (Å²) in [5.41, 5.74) is -1.14. The molecule has 0 fully saturated rings. The Morgan fingerprint density at radius 3 is 2.76 bits per heavy atom. The van der Waals surface area contributed by atoms with Crippen LogP contribution in [0, 0.1) is 0 Å². The van der Waals surface area contributed by atoms with Crippen molar-refractivity contribution >= 4 is 40.6 Å². The number of aromatic amines is 2. The van der Waals surface area contributed by atoms with Crippen LogP contribution in [0.25, 0.3) is 28.7 Å². The van der Waals surface area contributed by atoms with Gasteiger partial charge in [0, 0.05) is 10.6 Å². The molecule has 0 spiro atoms. The van der Waals surface area contributed by atoms with Gasteiger partial charge in [0.2, 0.25) is 0 Å². The average Bonchev–Trinajstić information content (AvgIpc) is 2.94. The minimum Gasteiger partial charge on any atom is -0.477 e. The number of para-hydroxylation sites is 1. The number of benzene rings is 1. The topological polar surface area (TPSA) is 108 Å². The quantitative estimate of drug-likeness (QED) is 0.572. The summed E-state index contributed by atoms with van der Waals surface area (Å²) < 4.78 is 0.848. The maximum atomic E-state index is 12.9. The van der Waals surface area contributed by atoms with Gasteiger partial charge in [-0.25, -0.2) is 14.2 Å². The van der Waals surface area contributed by atoms with Gasteiger partial charge in [-0.15, -0.1) is 11.6 Å². The van der Waals surface area contributed by atoms with E-state index in [9.17, 15) is 19.5 Å². The Hall–Kier alpha value is -3.06. The summed E-state index contributed by atoms with van der Waals surface area (Å²) in [5.74, 6) is -1.27. The minimum absolute atomic E-state index is 0.00102. The molecule has 126 valence electrons. The monoisotopic (exact) mass is 357 g/mol. The Labute approximate surface area is 144 Å². The van der Waals surface area contributed by atoms with Crippen LogP contribution in [0.1, 0.15) is 16.9 Å². The van der Waals surface area contributed by atoms with Crippen LogP contribution in [0.15, 0.2) is 33.9 Å². The number of carboxylic acids is 1. The molecular formula is C17H12ClN3O4. The zero-order chi connectivity index (χ0) is 17.7. The molecule has 7 nitrogen and oxygen atoms in total. The standard InChI is InChI=1S/C17H12ClN3O4/c18-8-5-6-12-10(7-8)14(13(19-12)16(23)24)21-15(22)9-3-1-2-4-11(9)20-17(21)25/h1-4,6-8,19H,5H2,(H,20,25)(H,23,24). The highest BCUT2D eigenvalue weighted by atomic mass is 35.5. The van der Waals surface area contributed by atoms with Crippen molar-refractivity contribution in [2.75, 3.05) is 0 Å². The Balaban J connectivity index is 2.21. The molecule has 0 amide bonds. The van der Waals surface area contributed by atoms with Crippen molar-refractivity contribution in [1.29, 1.82) is 0 Å². The van der Waals surface area contributed by atoms with Gasteiger partial charge in [0.15, 0.2) is 5.69 Å². The molecule has 1 atom stereocenters. The molecule has 0 radical (unpaired) electrons. The van der Waals surface area contributed by atoms with E-state index in [1.165, 1.54) is 0 Å². The van der Waals surface area contributed by atoms with Gasteiger partial charge in [0.1, 0.15) is 0 Å². The first-order chi connectivity index (χ1) is 12.0. The van der Waals surface area contributed by atoms with E-state index in [0.29, 0.717) is 22.5 Å². The number of carbonyl (C=O) groups is 1. The zero-order valence-electron chi connectivity index (χ0n) is 12.7. The highest BCUT2D eigenvalue weighted by molar-refractivity contribution is 6.24. The minimum atomic E-state index is -1.27. The molecule has 1 unspecified atom stereocenters. The number of alkyl halides is 1. The zero-order valence-corrected chi connectivity index (χ0v) is 13.5. The molecule has 0 aliphatic heterocycles. The first-order valence-electron chi connectivity index (χ1n) is 7.53. The molecule has 25 heavy (non-hydrogen) atoms. The Morgan fingerprint density at radius 2 is 2.00 bits per heavy atom. The third-order valence-electron chi connectivity index (χ3n) is 4.18. The van der Waals surface area contributed by atoms with Gasteiger partial charge in [-0.05, 0) is 18.6 Å². The molecule has 8 heteroatoms. The largest absolute Gasteiger partial charge is 0.477 e. The maximum Gasteiger partial charge on any atom is 0.354 e. The summed E-state index contributed by atoms with van der Waals surface area (Å²) >= 11 is 6.15. The van der Waals surface area contributed by atoms with Crippen LogP contribution in [0.3, 0.4) is 0 Å². The number of fused-ring (bicyclic) bond motifs is 2. The maximum absolute atomic E-state index is 12.9. The number of hydrogen-bond acceptors (Lipinski definition) is 3. The normalized spacial score (nSPS) is 16.1. The lowest BCUT2D eigenvalue weighted by atomic mass is 10.1. The highest BCUT2D eigenvalue weighted by Gasteiger charge is 2.22. The lowest BCUT2D eigenvalue weighted by Gasteiger charge is -2.08. The summed E-state index contributed by atoms with van der Waals surface area (Å²) in [6.45, 7) is 0. The summed E-state index contributed by atoms with van der Waals surface area (Å²) in [6.07, 6.45) is 3.93. The third-order valence-corrected chi connectivity index (χ3v) is 4.48. The Morgan fingerprint density at radius 1 is 1.24 bits per heavy atom. The number of halogens is 1. The first-order valence-corrected chi connectivity index (χ1v) is 7.97. The van der Waals surface area contributed by atoms with Crippen LogP contribution < -0.4 is 21.8 Å². The van der Waals surface area contributed by atoms with E-state index in [2.05, 4.69) is 9.97 Å². The number of nitrogens with zero attached hydrogens (tertiary/aromatic N) is 1. The highest BCUT2D eigenvalue weighted by Crippen LogP contribution is 2.11. The van der Waals surface area contributed by atoms with Gasteiger partial charge in [-0.3, -0.25) is 4.79 Å². The summed E-state index contributed by atoms with van der Waals surface area (Å²) in [7, 11) is 0. The van der Waals surface area contributed by atoms with Gasteiger partial charge in [0.05, 0.1) is 22.0 Å². The molecular weight excluding hydrogens is 346 g/mol. The molecule has 3 aromatic rings. The fraction of sp³-hybridized carbons (Fsp3) is 0.118. The second-order valence-electron chi connectivity index (χ2n) is 5.72. The molecule has 0 saturated heterocycles. The van der Waals surface area contributed by atoms with E-state index in [1.807, 2.05) is 0 Å². The van der Waals surface area contributed by atoms with Crippen molar-refractivity contribution in [3.05, 3.63) is 61.4 Å². The van der Waals surface area contributed by atoms with Crippen molar-refractivity contribution in [2.24, 2.45) is 0 Å². The van der Waals surface area contributed by atoms with Crippen LogP contribution in [-0.4, -0.2) is 31.0 Å². The molecule has 0 saturated carbocycles. The van der Waals surface area contributed by atoms with Crippen LogP contribution in [0.5, 0.6) is 0 Å². The number of hydrogen-bond donors (Lipinski definition) is 3. The van der Waals surface area contributed by atoms with Crippen LogP contribution in [0.4, 0.5) is 0 Å². The van der Waals surface area contributed by atoms with Gasteiger partial charge >= 0.3 is 11.7 Å². The van der Waals surface area contributed by atoms with Crippen molar-refractivity contribution < 1.29 is 9.90 Å². The first kappa shape index (κ1) is 15.5. The van der Waals surface area contributed by atoms with E-state index < -0.39 is 17.2 Å². The van der Waals surface area contributed by atoms with Gasteiger partial charge in [-0.2, -0.15) is 0 Å². The second kappa shape index (κ2) is 5.49. The van der Waals surface area contributed by atoms with Gasteiger partial charge < -0.3 is 15.1 Å². The van der Waals surface area contributed by atoms with Crippen LogP contribution in [-0.2, 0) is 0 Å². The molecule has 4 rings (SSSR count). The van der Waals surface area contributed by atoms with Crippen molar-refractivity contribution in [2.45, 2.75) is 11.8 Å². The Bertz CT molecular complexity index is 1270. The van der Waals surface area contributed by atoms with Crippen molar-refractivity contribution in [3.63, 3.8) is 0 Å². The molecule has 1 aliphatic carbocycles. The molecule has 1 aromatic carbocycles. The van der Waals surface area contributed by atoms with Crippen LogP contribution >= 0.6 is 11.6 Å². The van der Waals surface area contributed by atoms with Crippen molar-refractivity contribution in [1.82, 2.24) is 14.5 Å². The Kier molecular flexibility index (Phi) is 3.40. The van der Waals surface area contributed by atoms with E-state index >= 15 is 0 Å². The van der Waals surface area contributed by atoms with E-state index in [-0.39, 0.29) is 22.1 Å². The molecule has 3 N–H and O–H groups in total. The van der Waals surface area contributed by atoms with E-state index in [4.69, 9.17) is 11.6 Å². The smallest absolute Gasteiger partial charge is 0.354 e. The summed E-state index contributed by atoms with van der Waals surface area (Å²) in [5, 5.41) is 10.4. The summed E-state index contributed by atoms with van der Waals surface area (Å²) in [4.78, 5) is 42.4. The predicted octanol–water partition coefficient (Wildman–Crippen LogP) is 0.277. The lowest BCUT2D eigenvalue weighted by molar-refractivity contribution is 0.0691. The number of rotatable bonds is 2. The van der Waals surface area contributed by atoms with Crippen molar-refractivity contribution in [3.8, 4) is 5.69 Å². The van der Waals surface area contributed by atoms with E-state index in [0.717, 1.165) is 4.57 Å². The predicted molar refractivity (Wildman–Crippen MR) is 93.9 cm³/mol. The summed E-state index contributed by atoms with van der Waals surface area (Å²) in [6, 6.07) is 6.56. The second-order valence-corrected chi connectivity index (χ2v) is 6.28. The fourth-order valence-corrected chi connectivity index (χ4v) is 3.30. The van der Waals surface area contributed by atoms with Gasteiger partial charge in [0.25, 0.3) is 5.56 Å². The van der Waals surface area contributed by atoms with Crippen LogP contribution in [0.2, 0.25) is 0 Å². The average molecular weight is 358 g/mol. The molecule has 2 aromatic heterocycles. The lowest BCUT2D eigenvalue weighted by Crippen LogP contribution is -2.39. The molecule has 0 bridgehead atoms. The number of H-pyrrole nitrogens is 2. The number of nitrogens with one attached hydrogen (secondary N) is 2. The number of aromatic nitrogens is 3.